The highest BCUT2D eigenvalue weighted by atomic mass is 15.2. The minimum Gasteiger partial charge on any atom is -0.323 e. The van der Waals surface area contributed by atoms with Gasteiger partial charge in [-0.25, -0.2) is 0 Å². The Labute approximate surface area is 129 Å². The molecule has 0 bridgehead atoms. The summed E-state index contributed by atoms with van der Waals surface area (Å²) in [4.78, 5) is 2.67. The van der Waals surface area contributed by atoms with Gasteiger partial charge >= 0.3 is 0 Å². The Morgan fingerprint density at radius 2 is 1.71 bits per heavy atom. The first kappa shape index (κ1) is 15.1. The molecule has 1 saturated heterocycles. The predicted octanol–water partition coefficient (Wildman–Crippen LogP) is 3.76. The molecule has 1 fully saturated rings. The zero-order chi connectivity index (χ0) is 15.0. The van der Waals surface area contributed by atoms with E-state index in [1.807, 2.05) is 0 Å². The second-order valence-corrected chi connectivity index (χ2v) is 8.01. The van der Waals surface area contributed by atoms with Crippen LogP contribution in [0.15, 0.2) is 24.3 Å². The molecule has 2 unspecified atom stereocenters. The second kappa shape index (κ2) is 5.73. The summed E-state index contributed by atoms with van der Waals surface area (Å²) in [6.07, 6.45) is 5.06. The van der Waals surface area contributed by atoms with Crippen molar-refractivity contribution >= 4 is 0 Å². The predicted molar refractivity (Wildman–Crippen MR) is 89.2 cm³/mol. The molecule has 116 valence electrons. The van der Waals surface area contributed by atoms with Crippen LogP contribution in [0.4, 0.5) is 0 Å². The number of nitrogens with two attached hydrogens (primary N) is 1. The van der Waals surface area contributed by atoms with Crippen molar-refractivity contribution in [2.24, 2.45) is 17.1 Å². The maximum absolute atomic E-state index is 6.60. The minimum absolute atomic E-state index is 0.195. The highest BCUT2D eigenvalue weighted by Gasteiger charge is 2.35. The van der Waals surface area contributed by atoms with E-state index in [4.69, 9.17) is 5.73 Å². The van der Waals surface area contributed by atoms with Crippen LogP contribution in [-0.2, 0) is 6.42 Å². The summed E-state index contributed by atoms with van der Waals surface area (Å²) < 4.78 is 0. The van der Waals surface area contributed by atoms with Crippen molar-refractivity contribution in [3.63, 3.8) is 0 Å². The van der Waals surface area contributed by atoms with Crippen LogP contribution >= 0.6 is 0 Å². The number of nitrogens with zero attached hydrogens (tertiary/aromatic N) is 1. The average molecular weight is 286 g/mol. The Bertz CT molecular complexity index is 481. The fraction of sp³-hybridized carbons (Fsp3) is 0.684. The van der Waals surface area contributed by atoms with Crippen molar-refractivity contribution < 1.29 is 0 Å². The third-order valence-corrected chi connectivity index (χ3v) is 5.76. The number of likely N-dealkylation sites (tertiary alicyclic amines) is 1. The van der Waals surface area contributed by atoms with Crippen molar-refractivity contribution in [2.45, 2.75) is 58.5 Å². The van der Waals surface area contributed by atoms with Gasteiger partial charge in [0, 0.05) is 12.1 Å². The van der Waals surface area contributed by atoms with E-state index >= 15 is 0 Å². The number of aryl methyl sites for hydroxylation is 1. The summed E-state index contributed by atoms with van der Waals surface area (Å²) in [6.45, 7) is 9.60. The molecule has 3 rings (SSSR count). The lowest BCUT2D eigenvalue weighted by Gasteiger charge is -2.45. The Kier molecular flexibility index (Phi) is 4.11. The van der Waals surface area contributed by atoms with Crippen LogP contribution in [0, 0.1) is 11.3 Å². The van der Waals surface area contributed by atoms with Gasteiger partial charge in [-0.2, -0.15) is 0 Å². The molecule has 2 aliphatic rings. The van der Waals surface area contributed by atoms with Gasteiger partial charge in [0.2, 0.25) is 0 Å². The standard InChI is InChI=1S/C19H30N2/c1-19(2,3)15-10-12-21(13-11-15)17-9-8-14-6-4-5-7-16(14)18(17)20/h4-7,15,17-18H,8-13,20H2,1-3H3. The van der Waals surface area contributed by atoms with E-state index < -0.39 is 0 Å². The van der Waals surface area contributed by atoms with E-state index in [9.17, 15) is 0 Å². The highest BCUT2D eigenvalue weighted by molar-refractivity contribution is 5.33. The molecule has 2 heteroatoms. The molecule has 0 spiro atoms. The third-order valence-electron chi connectivity index (χ3n) is 5.76. The molecule has 2 nitrogen and oxygen atoms in total. The molecule has 0 radical (unpaired) electrons. The molecule has 1 aromatic rings. The van der Waals surface area contributed by atoms with Gasteiger partial charge in [-0.1, -0.05) is 45.0 Å². The first-order valence-corrected chi connectivity index (χ1v) is 8.54. The van der Waals surface area contributed by atoms with Crippen LogP contribution in [0.25, 0.3) is 0 Å². The van der Waals surface area contributed by atoms with Crippen LogP contribution in [0.5, 0.6) is 0 Å². The van der Waals surface area contributed by atoms with Gasteiger partial charge in [-0.3, -0.25) is 4.90 Å². The van der Waals surface area contributed by atoms with Crippen molar-refractivity contribution in [2.75, 3.05) is 13.1 Å². The topological polar surface area (TPSA) is 29.3 Å². The lowest BCUT2D eigenvalue weighted by atomic mass is 9.74. The van der Waals surface area contributed by atoms with E-state index in [-0.39, 0.29) is 6.04 Å². The molecule has 0 amide bonds. The average Bonchev–Trinajstić information content (AvgIpc) is 2.47. The lowest BCUT2D eigenvalue weighted by Crippen LogP contribution is -2.49. The number of fused-ring (bicyclic) bond motifs is 1. The molecular formula is C19H30N2. The maximum Gasteiger partial charge on any atom is 0.0455 e. The Morgan fingerprint density at radius 1 is 1.05 bits per heavy atom. The van der Waals surface area contributed by atoms with Crippen molar-refractivity contribution in [3.8, 4) is 0 Å². The molecule has 21 heavy (non-hydrogen) atoms. The summed E-state index contributed by atoms with van der Waals surface area (Å²) in [7, 11) is 0. The smallest absolute Gasteiger partial charge is 0.0455 e. The van der Waals surface area contributed by atoms with Gasteiger partial charge in [0.05, 0.1) is 0 Å². The molecule has 0 aromatic heterocycles. The second-order valence-electron chi connectivity index (χ2n) is 8.01. The Morgan fingerprint density at radius 3 is 2.38 bits per heavy atom. The van der Waals surface area contributed by atoms with Crippen LogP contribution in [-0.4, -0.2) is 24.0 Å². The van der Waals surface area contributed by atoms with Gasteiger partial charge in [-0.05, 0) is 61.2 Å². The van der Waals surface area contributed by atoms with E-state index in [2.05, 4.69) is 49.9 Å². The van der Waals surface area contributed by atoms with Gasteiger partial charge < -0.3 is 5.73 Å². The van der Waals surface area contributed by atoms with Crippen molar-refractivity contribution in [3.05, 3.63) is 35.4 Å². The van der Waals surface area contributed by atoms with Crippen LogP contribution in [0.1, 0.15) is 57.2 Å². The van der Waals surface area contributed by atoms with Crippen LogP contribution in [0.3, 0.4) is 0 Å². The van der Waals surface area contributed by atoms with Gasteiger partial charge in [0.1, 0.15) is 0 Å². The summed E-state index contributed by atoms with van der Waals surface area (Å²) in [5, 5.41) is 0. The molecule has 1 heterocycles. The minimum atomic E-state index is 0.195. The van der Waals surface area contributed by atoms with E-state index in [0.29, 0.717) is 11.5 Å². The van der Waals surface area contributed by atoms with Crippen LogP contribution in [0.2, 0.25) is 0 Å². The molecule has 1 aliphatic heterocycles. The maximum atomic E-state index is 6.60. The van der Waals surface area contributed by atoms with Crippen LogP contribution < -0.4 is 5.73 Å². The Hall–Kier alpha value is -0.860. The number of benzene rings is 1. The first-order chi connectivity index (χ1) is 9.97. The van der Waals surface area contributed by atoms with E-state index in [1.54, 1.807) is 0 Å². The lowest BCUT2D eigenvalue weighted by molar-refractivity contribution is 0.0670. The zero-order valence-corrected chi connectivity index (χ0v) is 13.8. The van der Waals surface area contributed by atoms with Crippen molar-refractivity contribution in [1.82, 2.24) is 4.90 Å². The van der Waals surface area contributed by atoms with Crippen molar-refractivity contribution in [1.29, 1.82) is 0 Å². The van der Waals surface area contributed by atoms with Gasteiger partial charge in [0.25, 0.3) is 0 Å². The highest BCUT2D eigenvalue weighted by Crippen LogP contribution is 2.38. The largest absolute Gasteiger partial charge is 0.323 e. The number of rotatable bonds is 1. The third kappa shape index (κ3) is 3.02. The van der Waals surface area contributed by atoms with E-state index in [0.717, 1.165) is 5.92 Å². The molecule has 2 N–H and O–H groups in total. The number of hydrogen-bond donors (Lipinski definition) is 1. The summed E-state index contributed by atoms with van der Waals surface area (Å²) in [6, 6.07) is 9.49. The SMILES string of the molecule is CC(C)(C)C1CCN(C2CCc3ccccc3C2N)CC1. The van der Waals surface area contributed by atoms with E-state index in [1.165, 1.54) is 49.9 Å². The zero-order valence-electron chi connectivity index (χ0n) is 13.8. The summed E-state index contributed by atoms with van der Waals surface area (Å²) in [5.74, 6) is 0.862. The molecule has 1 aliphatic carbocycles. The quantitative estimate of drug-likeness (QED) is 0.851. The molecule has 2 atom stereocenters. The molecule has 0 saturated carbocycles. The summed E-state index contributed by atoms with van der Waals surface area (Å²) >= 11 is 0. The first-order valence-electron chi connectivity index (χ1n) is 8.54. The normalized spacial score (nSPS) is 28.4. The fourth-order valence-corrected chi connectivity index (χ4v) is 4.28. The number of hydrogen-bond acceptors (Lipinski definition) is 2. The molecular weight excluding hydrogens is 256 g/mol. The van der Waals surface area contributed by atoms with Gasteiger partial charge in [0.15, 0.2) is 0 Å². The number of piperidine rings is 1. The Balaban J connectivity index is 1.67. The molecule has 1 aromatic carbocycles. The summed E-state index contributed by atoms with van der Waals surface area (Å²) in [5.41, 5.74) is 9.90. The fourth-order valence-electron chi connectivity index (χ4n) is 4.28. The van der Waals surface area contributed by atoms with Gasteiger partial charge in [-0.15, -0.1) is 0 Å². The monoisotopic (exact) mass is 286 g/mol.